The van der Waals surface area contributed by atoms with E-state index in [0.717, 1.165) is 36.2 Å². The summed E-state index contributed by atoms with van der Waals surface area (Å²) in [7, 11) is 0. The van der Waals surface area contributed by atoms with Gasteiger partial charge < -0.3 is 14.8 Å². The van der Waals surface area contributed by atoms with Crippen LogP contribution in [0.3, 0.4) is 0 Å². The van der Waals surface area contributed by atoms with Crippen molar-refractivity contribution >= 4 is 5.97 Å². The van der Waals surface area contributed by atoms with Gasteiger partial charge in [-0.25, -0.2) is 4.79 Å². The van der Waals surface area contributed by atoms with Gasteiger partial charge in [0.1, 0.15) is 0 Å². The molecule has 22 heavy (non-hydrogen) atoms. The maximum absolute atomic E-state index is 11.4. The van der Waals surface area contributed by atoms with E-state index in [-0.39, 0.29) is 11.7 Å². The molecule has 0 aromatic carbocycles. The summed E-state index contributed by atoms with van der Waals surface area (Å²) in [6.07, 6.45) is 7.58. The van der Waals surface area contributed by atoms with Gasteiger partial charge in [-0.1, -0.05) is 6.08 Å². The first-order chi connectivity index (χ1) is 10.7. The summed E-state index contributed by atoms with van der Waals surface area (Å²) in [6.45, 7) is 4.97. The summed E-state index contributed by atoms with van der Waals surface area (Å²) in [5.41, 5.74) is 3.14. The summed E-state index contributed by atoms with van der Waals surface area (Å²) in [5, 5.41) is 17.0. The predicted molar refractivity (Wildman–Crippen MR) is 80.7 cm³/mol. The Balaban J connectivity index is 1.76. The van der Waals surface area contributed by atoms with E-state index in [9.17, 15) is 9.90 Å². The maximum atomic E-state index is 11.4. The Hall–Kier alpha value is -2.34. The van der Waals surface area contributed by atoms with Crippen LogP contribution in [0.1, 0.15) is 33.7 Å². The average Bonchev–Trinajstić information content (AvgIpc) is 3.13. The van der Waals surface area contributed by atoms with Crippen molar-refractivity contribution in [3.63, 3.8) is 0 Å². The van der Waals surface area contributed by atoms with Gasteiger partial charge in [0.05, 0.1) is 19.1 Å². The minimum atomic E-state index is -0.963. The molecule has 2 aromatic rings. The van der Waals surface area contributed by atoms with Gasteiger partial charge in [-0.05, 0) is 25.3 Å². The zero-order chi connectivity index (χ0) is 15.5. The number of furan rings is 1. The van der Waals surface area contributed by atoms with E-state index in [1.54, 1.807) is 23.3 Å². The molecule has 3 rings (SSSR count). The smallest absolute Gasteiger partial charge is 0.356 e. The molecular weight excluding hydrogens is 282 g/mol. The van der Waals surface area contributed by atoms with Gasteiger partial charge in [-0.15, -0.1) is 6.58 Å². The lowest BCUT2D eigenvalue weighted by Crippen LogP contribution is -2.34. The summed E-state index contributed by atoms with van der Waals surface area (Å²) in [5.74, 6) is -0.963. The van der Waals surface area contributed by atoms with Crippen LogP contribution in [0.2, 0.25) is 0 Å². The molecule has 1 atom stereocenters. The van der Waals surface area contributed by atoms with Crippen LogP contribution >= 0.6 is 0 Å². The van der Waals surface area contributed by atoms with Gasteiger partial charge in [0.15, 0.2) is 5.69 Å². The lowest BCUT2D eigenvalue weighted by molar-refractivity contribution is 0.0688. The lowest BCUT2D eigenvalue weighted by atomic mass is 9.91. The minimum Gasteiger partial charge on any atom is -0.476 e. The van der Waals surface area contributed by atoms with Crippen LogP contribution in [-0.4, -0.2) is 26.9 Å². The molecule has 1 aliphatic rings. The summed E-state index contributed by atoms with van der Waals surface area (Å²) < 4.78 is 6.81. The van der Waals surface area contributed by atoms with Gasteiger partial charge >= 0.3 is 5.97 Å². The molecule has 0 amide bonds. The zero-order valence-corrected chi connectivity index (χ0v) is 12.3. The van der Waals surface area contributed by atoms with Gasteiger partial charge in [-0.3, -0.25) is 4.68 Å². The molecule has 6 heteroatoms. The molecule has 0 saturated carbocycles. The number of aromatic carboxylic acids is 1. The Labute approximate surface area is 128 Å². The average molecular weight is 301 g/mol. The molecular formula is C16H19N3O3. The molecule has 0 bridgehead atoms. The van der Waals surface area contributed by atoms with Crippen LogP contribution in [0.15, 0.2) is 35.7 Å². The quantitative estimate of drug-likeness (QED) is 0.798. The third kappa shape index (κ3) is 2.82. The van der Waals surface area contributed by atoms with E-state index in [1.807, 2.05) is 6.07 Å². The number of carbonyl (C=O) groups is 1. The highest BCUT2D eigenvalue weighted by atomic mass is 16.4. The van der Waals surface area contributed by atoms with Crippen molar-refractivity contribution in [1.82, 2.24) is 15.1 Å². The van der Waals surface area contributed by atoms with Crippen molar-refractivity contribution in [2.75, 3.05) is 0 Å². The van der Waals surface area contributed by atoms with Crippen molar-refractivity contribution in [3.05, 3.63) is 53.8 Å². The van der Waals surface area contributed by atoms with Crippen LogP contribution < -0.4 is 5.32 Å². The number of hydrogen-bond donors (Lipinski definition) is 2. The highest BCUT2D eigenvalue weighted by molar-refractivity contribution is 5.87. The fourth-order valence-corrected chi connectivity index (χ4v) is 2.96. The van der Waals surface area contributed by atoms with E-state index in [1.165, 1.54) is 0 Å². The molecule has 0 aliphatic heterocycles. The number of allylic oxidation sites excluding steroid dienone is 1. The van der Waals surface area contributed by atoms with Gasteiger partial charge in [-0.2, -0.15) is 5.10 Å². The molecule has 0 radical (unpaired) electrons. The van der Waals surface area contributed by atoms with E-state index in [2.05, 4.69) is 17.0 Å². The third-order valence-electron chi connectivity index (χ3n) is 4.03. The van der Waals surface area contributed by atoms with E-state index in [0.29, 0.717) is 13.0 Å². The largest absolute Gasteiger partial charge is 0.476 e. The number of nitrogens with one attached hydrogen (secondary N) is 1. The highest BCUT2D eigenvalue weighted by Crippen LogP contribution is 2.25. The number of aromatic nitrogens is 2. The molecule has 6 nitrogen and oxygen atoms in total. The molecule has 0 fully saturated rings. The molecule has 1 aliphatic carbocycles. The Morgan fingerprint density at radius 3 is 3.18 bits per heavy atom. The summed E-state index contributed by atoms with van der Waals surface area (Å²) in [6, 6.07) is 2.17. The van der Waals surface area contributed by atoms with E-state index < -0.39 is 5.97 Å². The number of nitrogens with zero attached hydrogens (tertiary/aromatic N) is 2. The standard InChI is InChI=1S/C16H19N3O3/c1-2-6-19-14-4-3-12(17-9-11-5-7-22-10-11)8-13(14)15(18-19)16(20)21/h2,5,7,10,12,17H,1,3-4,6,8-9H2,(H,20,21)/t12-/m0/s1. The lowest BCUT2D eigenvalue weighted by Gasteiger charge is -2.24. The Morgan fingerprint density at radius 1 is 1.64 bits per heavy atom. The maximum Gasteiger partial charge on any atom is 0.356 e. The summed E-state index contributed by atoms with van der Waals surface area (Å²) in [4.78, 5) is 11.4. The molecule has 0 spiro atoms. The number of fused-ring (bicyclic) bond motifs is 1. The Kier molecular flexibility index (Phi) is 4.11. The second-order valence-electron chi connectivity index (χ2n) is 5.50. The number of rotatable bonds is 6. The Morgan fingerprint density at radius 2 is 2.50 bits per heavy atom. The van der Waals surface area contributed by atoms with E-state index in [4.69, 9.17) is 4.42 Å². The molecule has 2 aromatic heterocycles. The zero-order valence-electron chi connectivity index (χ0n) is 12.3. The second-order valence-corrected chi connectivity index (χ2v) is 5.50. The third-order valence-corrected chi connectivity index (χ3v) is 4.03. The number of carboxylic acid groups (broad SMARTS) is 1. The van der Waals surface area contributed by atoms with Gasteiger partial charge in [0.2, 0.25) is 0 Å². The number of hydrogen-bond acceptors (Lipinski definition) is 4. The van der Waals surface area contributed by atoms with Gasteiger partial charge in [0, 0.05) is 29.4 Å². The van der Waals surface area contributed by atoms with Crippen LogP contribution in [0, 0.1) is 0 Å². The first-order valence-electron chi connectivity index (χ1n) is 7.36. The molecule has 2 heterocycles. The van der Waals surface area contributed by atoms with Crippen molar-refractivity contribution in [2.45, 2.75) is 38.4 Å². The monoisotopic (exact) mass is 301 g/mol. The summed E-state index contributed by atoms with van der Waals surface area (Å²) >= 11 is 0. The predicted octanol–water partition coefficient (Wildman–Crippen LogP) is 2.01. The highest BCUT2D eigenvalue weighted by Gasteiger charge is 2.28. The van der Waals surface area contributed by atoms with Crippen molar-refractivity contribution in [3.8, 4) is 0 Å². The molecule has 2 N–H and O–H groups in total. The molecule has 0 unspecified atom stereocenters. The van der Waals surface area contributed by atoms with Crippen molar-refractivity contribution in [1.29, 1.82) is 0 Å². The number of carboxylic acids is 1. The Bertz CT molecular complexity index is 673. The van der Waals surface area contributed by atoms with Crippen LogP contribution in [0.4, 0.5) is 0 Å². The molecule has 0 saturated heterocycles. The van der Waals surface area contributed by atoms with Gasteiger partial charge in [0.25, 0.3) is 0 Å². The second kappa shape index (κ2) is 6.19. The van der Waals surface area contributed by atoms with Crippen LogP contribution in [0.25, 0.3) is 0 Å². The van der Waals surface area contributed by atoms with Crippen LogP contribution in [0.5, 0.6) is 0 Å². The SMILES string of the molecule is C=CCn1nc(C(=O)O)c2c1CC[C@H](NCc1ccoc1)C2. The van der Waals surface area contributed by atoms with Crippen LogP contribution in [-0.2, 0) is 25.9 Å². The minimum absolute atomic E-state index is 0.173. The van der Waals surface area contributed by atoms with E-state index >= 15 is 0 Å². The van der Waals surface area contributed by atoms with Crippen molar-refractivity contribution < 1.29 is 14.3 Å². The first kappa shape index (κ1) is 14.6. The fraction of sp³-hybridized carbons (Fsp3) is 0.375. The normalized spacial score (nSPS) is 17.2. The topological polar surface area (TPSA) is 80.3 Å². The fourth-order valence-electron chi connectivity index (χ4n) is 2.96. The molecule has 116 valence electrons. The first-order valence-corrected chi connectivity index (χ1v) is 7.36. The van der Waals surface area contributed by atoms with Crippen molar-refractivity contribution in [2.24, 2.45) is 0 Å².